The van der Waals surface area contributed by atoms with E-state index in [2.05, 4.69) is 26.3 Å². The number of hydrogen-bond donors (Lipinski definition) is 3. The number of nitrogens with one attached hydrogen (secondary N) is 2. The molecule has 2 aromatic heterocycles. The molecule has 2 fully saturated rings. The van der Waals surface area contributed by atoms with Gasteiger partial charge in [0.25, 0.3) is 5.91 Å². The third-order valence-corrected chi connectivity index (χ3v) is 5.90. The molecule has 0 saturated heterocycles. The molecule has 4 atom stereocenters. The maximum absolute atomic E-state index is 11.9. The molecule has 142 valence electrons. The number of primary amides is 1. The molecule has 0 aliphatic heterocycles. The van der Waals surface area contributed by atoms with E-state index >= 15 is 0 Å². The molecule has 8 heteroatoms. The van der Waals surface area contributed by atoms with Crippen molar-refractivity contribution in [1.82, 2.24) is 15.0 Å². The lowest BCUT2D eigenvalue weighted by Crippen LogP contribution is -2.47. The van der Waals surface area contributed by atoms with Crippen LogP contribution < -0.4 is 11.1 Å². The fourth-order valence-electron chi connectivity index (χ4n) is 4.73. The fraction of sp³-hybridized carbons (Fsp3) is 0.579. The third kappa shape index (κ3) is 3.47. The zero-order chi connectivity index (χ0) is 18.8. The number of aromatic nitrogens is 3. The minimum Gasteiger partial charge on any atom is -0.379 e. The zero-order valence-corrected chi connectivity index (χ0v) is 15.1. The maximum Gasteiger partial charge on any atom is 0.252 e. The highest BCUT2D eigenvalue weighted by Gasteiger charge is 2.41. The van der Waals surface area contributed by atoms with Gasteiger partial charge in [-0.15, -0.1) is 0 Å². The van der Waals surface area contributed by atoms with Crippen molar-refractivity contribution in [3.8, 4) is 6.07 Å². The summed E-state index contributed by atoms with van der Waals surface area (Å²) in [5, 5.41) is 12.3. The number of carbonyl (C=O) groups excluding carboxylic acids is 1. The summed E-state index contributed by atoms with van der Waals surface area (Å²) >= 11 is 0. The van der Waals surface area contributed by atoms with Crippen molar-refractivity contribution in [2.45, 2.75) is 50.7 Å². The largest absolute Gasteiger partial charge is 0.379 e. The van der Waals surface area contributed by atoms with Crippen LogP contribution in [0.2, 0.25) is 0 Å². The Kier molecular flexibility index (Phi) is 4.94. The first-order chi connectivity index (χ1) is 13.2. The van der Waals surface area contributed by atoms with Crippen LogP contribution in [0.1, 0.15) is 48.9 Å². The molecular formula is C19H24N6O2. The molecule has 2 saturated carbocycles. The average molecular weight is 368 g/mol. The van der Waals surface area contributed by atoms with Crippen LogP contribution in [0.15, 0.2) is 12.5 Å². The summed E-state index contributed by atoms with van der Waals surface area (Å²) in [4.78, 5) is 23.4. The number of pyridine rings is 1. The minimum atomic E-state index is -0.500. The summed E-state index contributed by atoms with van der Waals surface area (Å²) in [6, 6.07) is 2.40. The zero-order valence-electron chi connectivity index (χ0n) is 15.1. The first kappa shape index (κ1) is 17.7. The number of imidazole rings is 1. The van der Waals surface area contributed by atoms with E-state index in [4.69, 9.17) is 15.7 Å². The van der Waals surface area contributed by atoms with Crippen molar-refractivity contribution in [2.24, 2.45) is 17.6 Å². The topological polar surface area (TPSA) is 130 Å². The third-order valence-electron chi connectivity index (χ3n) is 5.90. The number of fused-ring (bicyclic) bond motifs is 3. The van der Waals surface area contributed by atoms with Crippen molar-refractivity contribution >= 4 is 22.8 Å². The van der Waals surface area contributed by atoms with Crippen LogP contribution in [0.5, 0.6) is 0 Å². The van der Waals surface area contributed by atoms with E-state index in [9.17, 15) is 4.79 Å². The molecule has 1 amide bonds. The number of H-pyrrole nitrogens is 1. The molecule has 4 rings (SSSR count). The monoisotopic (exact) mass is 368 g/mol. The summed E-state index contributed by atoms with van der Waals surface area (Å²) in [5.74, 6) is 0.438. The molecular weight excluding hydrogens is 344 g/mol. The van der Waals surface area contributed by atoms with Gasteiger partial charge >= 0.3 is 0 Å². The molecule has 0 aromatic carbocycles. The fourth-order valence-corrected chi connectivity index (χ4v) is 4.73. The number of aromatic amines is 1. The first-order valence-corrected chi connectivity index (χ1v) is 9.54. The second-order valence-electron chi connectivity index (χ2n) is 7.51. The molecule has 4 N–H and O–H groups in total. The molecule has 2 unspecified atom stereocenters. The van der Waals surface area contributed by atoms with Crippen molar-refractivity contribution in [1.29, 1.82) is 5.26 Å². The molecule has 0 radical (unpaired) electrons. The molecule has 2 bridgehead atoms. The maximum atomic E-state index is 11.9. The van der Waals surface area contributed by atoms with E-state index in [-0.39, 0.29) is 12.1 Å². The Morgan fingerprint density at radius 2 is 2.15 bits per heavy atom. The van der Waals surface area contributed by atoms with Crippen LogP contribution in [-0.4, -0.2) is 39.6 Å². The summed E-state index contributed by atoms with van der Waals surface area (Å²) in [6.07, 6.45) is 9.17. The van der Waals surface area contributed by atoms with Crippen molar-refractivity contribution in [2.75, 3.05) is 11.9 Å². The number of anilines is 1. The summed E-state index contributed by atoms with van der Waals surface area (Å²) in [5.41, 5.74) is 7.97. The number of nitriles is 1. The van der Waals surface area contributed by atoms with E-state index in [1.807, 2.05) is 0 Å². The smallest absolute Gasteiger partial charge is 0.252 e. The Balaban J connectivity index is 1.57. The van der Waals surface area contributed by atoms with Crippen LogP contribution in [0.25, 0.3) is 11.2 Å². The van der Waals surface area contributed by atoms with Gasteiger partial charge in [0.2, 0.25) is 0 Å². The van der Waals surface area contributed by atoms with E-state index in [1.165, 1.54) is 12.6 Å². The Morgan fingerprint density at radius 1 is 1.37 bits per heavy atom. The lowest BCUT2D eigenvalue weighted by molar-refractivity contribution is -0.0208. The van der Waals surface area contributed by atoms with E-state index in [0.717, 1.165) is 31.2 Å². The normalized spacial score (nSPS) is 27.2. The minimum absolute atomic E-state index is 0.215. The molecule has 27 heavy (non-hydrogen) atoms. The van der Waals surface area contributed by atoms with Crippen LogP contribution in [0.4, 0.5) is 5.69 Å². The average Bonchev–Trinajstić information content (AvgIpc) is 3.11. The predicted octanol–water partition coefficient (Wildman–Crippen LogP) is 2.35. The van der Waals surface area contributed by atoms with Gasteiger partial charge in [-0.25, -0.2) is 9.97 Å². The van der Waals surface area contributed by atoms with Crippen LogP contribution >= 0.6 is 0 Å². The Morgan fingerprint density at radius 3 is 2.85 bits per heavy atom. The first-order valence-electron chi connectivity index (χ1n) is 9.54. The van der Waals surface area contributed by atoms with Gasteiger partial charge in [-0.2, -0.15) is 5.26 Å². The molecule has 8 nitrogen and oxygen atoms in total. The van der Waals surface area contributed by atoms with Gasteiger partial charge in [0.05, 0.1) is 42.8 Å². The molecule has 2 aliphatic rings. The Hall–Kier alpha value is -2.66. The number of nitrogens with zero attached hydrogens (tertiary/aromatic N) is 3. The van der Waals surface area contributed by atoms with Gasteiger partial charge in [0.1, 0.15) is 5.52 Å². The lowest BCUT2D eigenvalue weighted by Gasteiger charge is -2.46. The van der Waals surface area contributed by atoms with Gasteiger partial charge in [0, 0.05) is 12.2 Å². The quantitative estimate of drug-likeness (QED) is 0.671. The van der Waals surface area contributed by atoms with Crippen molar-refractivity contribution in [3.05, 3.63) is 18.1 Å². The van der Waals surface area contributed by atoms with E-state index in [1.54, 1.807) is 6.33 Å². The van der Waals surface area contributed by atoms with Crippen LogP contribution in [-0.2, 0) is 4.74 Å². The number of nitrogens with two attached hydrogens (primary N) is 1. The highest BCUT2D eigenvalue weighted by atomic mass is 16.5. The second-order valence-corrected chi connectivity index (χ2v) is 7.51. The van der Waals surface area contributed by atoms with Crippen molar-refractivity contribution in [3.63, 3.8) is 0 Å². The van der Waals surface area contributed by atoms with Crippen molar-refractivity contribution < 1.29 is 9.53 Å². The SMILES string of the molecule is N#CCCOC1C[C@H]2CCC[C@@H](C1)C2Nc1c(C(N)=O)cnc2nc[nH]c12. The van der Waals surface area contributed by atoms with Crippen LogP contribution in [0.3, 0.4) is 0 Å². The molecule has 2 aliphatic carbocycles. The van der Waals surface area contributed by atoms with Gasteiger partial charge in [-0.3, -0.25) is 4.79 Å². The number of carbonyl (C=O) groups is 1. The molecule has 0 spiro atoms. The van der Waals surface area contributed by atoms with E-state index < -0.39 is 5.91 Å². The van der Waals surface area contributed by atoms with Gasteiger partial charge in [-0.05, 0) is 37.5 Å². The van der Waals surface area contributed by atoms with Gasteiger partial charge < -0.3 is 20.8 Å². The Bertz CT molecular complexity index is 859. The highest BCUT2D eigenvalue weighted by molar-refractivity contribution is 6.04. The Labute approximate surface area is 157 Å². The number of ether oxygens (including phenoxy) is 1. The highest BCUT2D eigenvalue weighted by Crippen LogP contribution is 2.43. The van der Waals surface area contributed by atoms with Gasteiger partial charge in [0.15, 0.2) is 5.65 Å². The van der Waals surface area contributed by atoms with Gasteiger partial charge in [-0.1, -0.05) is 6.42 Å². The summed E-state index contributed by atoms with van der Waals surface area (Å²) in [6.45, 7) is 0.504. The number of amides is 1. The predicted molar refractivity (Wildman–Crippen MR) is 99.9 cm³/mol. The van der Waals surface area contributed by atoms with E-state index in [0.29, 0.717) is 41.8 Å². The van der Waals surface area contributed by atoms with Crippen LogP contribution in [0, 0.1) is 23.2 Å². The summed E-state index contributed by atoms with van der Waals surface area (Å²) in [7, 11) is 0. The standard InChI is InChI=1S/C19H24N6O2/c20-5-2-6-27-13-7-11-3-1-4-12(8-13)15(11)25-16-14(18(21)26)9-22-19-17(16)23-10-24-19/h9-13,15H,1-4,6-8H2,(H2,21,26)(H2,22,23,24,25)/t11-,12+,13?,15?. The second kappa shape index (κ2) is 7.53. The molecule has 2 aromatic rings. The molecule has 2 heterocycles. The lowest BCUT2D eigenvalue weighted by atomic mass is 9.67. The number of hydrogen-bond acceptors (Lipinski definition) is 6. The number of rotatable bonds is 6. The summed E-state index contributed by atoms with van der Waals surface area (Å²) < 4.78 is 5.93.